The zero-order valence-corrected chi connectivity index (χ0v) is 16.0. The fraction of sp³-hybridized carbons (Fsp3) is 0.174. The van der Waals surface area contributed by atoms with Crippen molar-refractivity contribution in [1.82, 2.24) is 4.98 Å². The highest BCUT2D eigenvalue weighted by atomic mass is 16.5. The van der Waals surface area contributed by atoms with E-state index in [1.807, 2.05) is 60.7 Å². The van der Waals surface area contributed by atoms with Crippen molar-refractivity contribution in [3.8, 4) is 0 Å². The number of anilines is 1. The third kappa shape index (κ3) is 4.43. The summed E-state index contributed by atoms with van der Waals surface area (Å²) < 4.78 is 5.03. The summed E-state index contributed by atoms with van der Waals surface area (Å²) in [6.45, 7) is 4.16. The lowest BCUT2D eigenvalue weighted by molar-refractivity contribution is 0.0524. The number of benzene rings is 2. The predicted octanol–water partition coefficient (Wildman–Crippen LogP) is 4.41. The number of aryl methyl sites for hydroxylation is 1. The van der Waals surface area contributed by atoms with Crippen molar-refractivity contribution >= 4 is 17.6 Å². The van der Waals surface area contributed by atoms with Crippen molar-refractivity contribution in [3.63, 3.8) is 0 Å². The monoisotopic (exact) mass is 374 g/mol. The Morgan fingerprint density at radius 2 is 1.57 bits per heavy atom. The largest absolute Gasteiger partial charge is 0.462 e. The van der Waals surface area contributed by atoms with Crippen LogP contribution in [0.25, 0.3) is 0 Å². The number of ether oxygens (including phenoxy) is 1. The van der Waals surface area contributed by atoms with E-state index in [2.05, 4.69) is 4.98 Å². The summed E-state index contributed by atoms with van der Waals surface area (Å²) in [7, 11) is 0. The molecule has 0 saturated carbocycles. The molecule has 1 heterocycles. The van der Waals surface area contributed by atoms with E-state index in [0.717, 1.165) is 11.3 Å². The van der Waals surface area contributed by atoms with Crippen molar-refractivity contribution in [2.24, 2.45) is 0 Å². The maximum atomic E-state index is 13.3. The number of rotatable bonds is 6. The molecule has 28 heavy (non-hydrogen) atoms. The summed E-state index contributed by atoms with van der Waals surface area (Å²) in [6, 6.07) is 22.4. The Morgan fingerprint density at radius 1 is 0.929 bits per heavy atom. The first-order valence-electron chi connectivity index (χ1n) is 9.15. The van der Waals surface area contributed by atoms with Crippen LogP contribution in [0.15, 0.2) is 72.8 Å². The van der Waals surface area contributed by atoms with E-state index >= 15 is 0 Å². The maximum absolute atomic E-state index is 13.3. The van der Waals surface area contributed by atoms with E-state index in [1.165, 1.54) is 0 Å². The quantitative estimate of drug-likeness (QED) is 0.600. The Labute approximate surface area is 164 Å². The van der Waals surface area contributed by atoms with E-state index < -0.39 is 5.97 Å². The second-order valence-electron chi connectivity index (χ2n) is 6.26. The molecule has 2 aromatic carbocycles. The third-order valence-electron chi connectivity index (χ3n) is 4.30. The number of hydrogen-bond acceptors (Lipinski definition) is 4. The average Bonchev–Trinajstić information content (AvgIpc) is 2.73. The molecule has 1 aromatic heterocycles. The molecule has 0 fully saturated rings. The van der Waals surface area contributed by atoms with Gasteiger partial charge in [-0.05, 0) is 43.7 Å². The van der Waals surface area contributed by atoms with Gasteiger partial charge in [0, 0.05) is 5.69 Å². The molecule has 0 bridgehead atoms. The predicted molar refractivity (Wildman–Crippen MR) is 108 cm³/mol. The van der Waals surface area contributed by atoms with E-state index in [1.54, 1.807) is 30.9 Å². The lowest BCUT2D eigenvalue weighted by Gasteiger charge is -2.23. The Kier molecular flexibility index (Phi) is 6.17. The van der Waals surface area contributed by atoms with Gasteiger partial charge in [0.1, 0.15) is 5.69 Å². The number of amides is 1. The summed E-state index contributed by atoms with van der Waals surface area (Å²) in [4.78, 5) is 31.3. The van der Waals surface area contributed by atoms with E-state index in [4.69, 9.17) is 4.74 Å². The summed E-state index contributed by atoms with van der Waals surface area (Å²) in [6.07, 6.45) is 0. The Balaban J connectivity index is 1.93. The molecular weight excluding hydrogens is 352 g/mol. The average molecular weight is 374 g/mol. The molecule has 142 valence electrons. The molecule has 0 unspecified atom stereocenters. The van der Waals surface area contributed by atoms with Gasteiger partial charge < -0.3 is 9.64 Å². The first kappa shape index (κ1) is 19.3. The molecular formula is C23H22N2O3. The van der Waals surface area contributed by atoms with Crippen molar-refractivity contribution < 1.29 is 14.3 Å². The van der Waals surface area contributed by atoms with E-state index in [9.17, 15) is 9.59 Å². The SMILES string of the molecule is CCOC(=O)c1ccc(C(=O)N(Cc2ccccc2)c2ccccc2)nc1C. The summed E-state index contributed by atoms with van der Waals surface area (Å²) in [5, 5.41) is 0. The minimum Gasteiger partial charge on any atom is -0.462 e. The lowest BCUT2D eigenvalue weighted by Crippen LogP contribution is -2.31. The summed E-state index contributed by atoms with van der Waals surface area (Å²) in [5.41, 5.74) is 2.92. The number of esters is 1. The van der Waals surface area contributed by atoms with Crippen LogP contribution in [0.2, 0.25) is 0 Å². The number of carbonyl (C=O) groups is 2. The highest BCUT2D eigenvalue weighted by Crippen LogP contribution is 2.20. The molecule has 3 rings (SSSR count). The Hall–Kier alpha value is -3.47. The van der Waals surface area contributed by atoms with Gasteiger partial charge in [-0.15, -0.1) is 0 Å². The fourth-order valence-corrected chi connectivity index (χ4v) is 2.90. The van der Waals surface area contributed by atoms with Crippen LogP contribution in [-0.2, 0) is 11.3 Å². The van der Waals surface area contributed by atoms with Crippen molar-refractivity contribution in [1.29, 1.82) is 0 Å². The minimum atomic E-state index is -0.435. The molecule has 0 aliphatic heterocycles. The lowest BCUT2D eigenvalue weighted by atomic mass is 10.1. The fourth-order valence-electron chi connectivity index (χ4n) is 2.90. The zero-order valence-electron chi connectivity index (χ0n) is 16.0. The van der Waals surface area contributed by atoms with Crippen LogP contribution in [0.5, 0.6) is 0 Å². The molecule has 0 N–H and O–H groups in total. The molecule has 5 heteroatoms. The van der Waals surface area contributed by atoms with Crippen LogP contribution in [-0.4, -0.2) is 23.5 Å². The van der Waals surface area contributed by atoms with Gasteiger partial charge in [-0.2, -0.15) is 0 Å². The summed E-state index contributed by atoms with van der Waals surface area (Å²) in [5.74, 6) is -0.663. The third-order valence-corrected chi connectivity index (χ3v) is 4.30. The molecule has 0 aliphatic carbocycles. The number of nitrogens with zero attached hydrogens (tertiary/aromatic N) is 2. The van der Waals surface area contributed by atoms with Gasteiger partial charge in [-0.25, -0.2) is 9.78 Å². The number of aromatic nitrogens is 1. The van der Waals surface area contributed by atoms with Crippen LogP contribution in [0.1, 0.15) is 39.0 Å². The topological polar surface area (TPSA) is 59.5 Å². The molecule has 1 amide bonds. The minimum absolute atomic E-state index is 0.228. The van der Waals surface area contributed by atoms with Crippen LogP contribution in [0, 0.1) is 6.92 Å². The standard InChI is InChI=1S/C23H22N2O3/c1-3-28-23(27)20-14-15-21(24-17(20)2)22(26)25(19-12-8-5-9-13-19)16-18-10-6-4-7-11-18/h4-15H,3,16H2,1-2H3. The van der Waals surface area contributed by atoms with Crippen LogP contribution in [0.3, 0.4) is 0 Å². The second kappa shape index (κ2) is 8.95. The summed E-state index contributed by atoms with van der Waals surface area (Å²) >= 11 is 0. The van der Waals surface area contributed by atoms with Gasteiger partial charge in [-0.1, -0.05) is 48.5 Å². The molecule has 0 saturated heterocycles. The second-order valence-corrected chi connectivity index (χ2v) is 6.26. The molecule has 0 radical (unpaired) electrons. The van der Waals surface area contributed by atoms with E-state index in [0.29, 0.717) is 17.8 Å². The number of para-hydroxylation sites is 1. The Bertz CT molecular complexity index is 956. The van der Waals surface area contributed by atoms with Crippen molar-refractivity contribution in [2.45, 2.75) is 20.4 Å². The zero-order chi connectivity index (χ0) is 19.9. The molecule has 0 atom stereocenters. The highest BCUT2D eigenvalue weighted by Gasteiger charge is 2.21. The molecule has 5 nitrogen and oxygen atoms in total. The van der Waals surface area contributed by atoms with Gasteiger partial charge >= 0.3 is 5.97 Å². The van der Waals surface area contributed by atoms with Crippen molar-refractivity contribution in [2.75, 3.05) is 11.5 Å². The first-order chi connectivity index (χ1) is 13.6. The van der Waals surface area contributed by atoms with Gasteiger partial charge in [0.25, 0.3) is 5.91 Å². The molecule has 3 aromatic rings. The van der Waals surface area contributed by atoms with Crippen molar-refractivity contribution in [3.05, 3.63) is 95.3 Å². The number of carbonyl (C=O) groups excluding carboxylic acids is 2. The molecule has 0 aliphatic rings. The van der Waals surface area contributed by atoms with Gasteiger partial charge in [0.2, 0.25) is 0 Å². The number of hydrogen-bond donors (Lipinski definition) is 0. The van der Waals surface area contributed by atoms with Crippen LogP contribution >= 0.6 is 0 Å². The smallest absolute Gasteiger partial charge is 0.339 e. The van der Waals surface area contributed by atoms with Crippen LogP contribution < -0.4 is 4.90 Å². The van der Waals surface area contributed by atoms with Gasteiger partial charge in [-0.3, -0.25) is 4.79 Å². The molecule has 0 spiro atoms. The number of pyridine rings is 1. The highest BCUT2D eigenvalue weighted by molar-refractivity contribution is 6.05. The maximum Gasteiger partial charge on any atom is 0.339 e. The van der Waals surface area contributed by atoms with Gasteiger partial charge in [0.15, 0.2) is 0 Å². The Morgan fingerprint density at radius 3 is 2.18 bits per heavy atom. The van der Waals surface area contributed by atoms with E-state index in [-0.39, 0.29) is 18.2 Å². The first-order valence-corrected chi connectivity index (χ1v) is 9.15. The van der Waals surface area contributed by atoms with Gasteiger partial charge in [0.05, 0.1) is 24.4 Å². The van der Waals surface area contributed by atoms with Crippen LogP contribution in [0.4, 0.5) is 5.69 Å². The normalized spacial score (nSPS) is 10.4.